The summed E-state index contributed by atoms with van der Waals surface area (Å²) in [5.74, 6) is 0. The standard InChI is InChI=1S/C16H21N3/c17-15-9-8-14(11-16(15)18)12-19-10-4-7-13-5-2-1-3-6-13/h1-3,5-6,8-9,11,19H,4,7,10,12,17-18H2. The molecule has 0 atom stereocenters. The normalized spacial score (nSPS) is 10.5. The van der Waals surface area contributed by atoms with Crippen LogP contribution < -0.4 is 16.8 Å². The lowest BCUT2D eigenvalue weighted by Crippen LogP contribution is -2.15. The molecule has 0 saturated heterocycles. The Balaban J connectivity index is 1.68. The highest BCUT2D eigenvalue weighted by atomic mass is 14.8. The number of anilines is 2. The van der Waals surface area contributed by atoms with Crippen molar-refractivity contribution in [3.8, 4) is 0 Å². The maximum atomic E-state index is 5.77. The van der Waals surface area contributed by atoms with Gasteiger partial charge in [0.05, 0.1) is 11.4 Å². The van der Waals surface area contributed by atoms with E-state index in [1.807, 2.05) is 24.3 Å². The van der Waals surface area contributed by atoms with Gasteiger partial charge in [0.25, 0.3) is 0 Å². The van der Waals surface area contributed by atoms with E-state index in [2.05, 4.69) is 29.6 Å². The topological polar surface area (TPSA) is 64.1 Å². The van der Waals surface area contributed by atoms with E-state index in [1.165, 1.54) is 11.1 Å². The van der Waals surface area contributed by atoms with Crippen molar-refractivity contribution in [2.75, 3.05) is 18.0 Å². The van der Waals surface area contributed by atoms with Crippen molar-refractivity contribution in [1.29, 1.82) is 0 Å². The van der Waals surface area contributed by atoms with E-state index in [1.54, 1.807) is 0 Å². The molecule has 3 heteroatoms. The van der Waals surface area contributed by atoms with Crippen LogP contribution in [0.5, 0.6) is 0 Å². The van der Waals surface area contributed by atoms with Crippen LogP contribution in [0.2, 0.25) is 0 Å². The van der Waals surface area contributed by atoms with Crippen molar-refractivity contribution < 1.29 is 0 Å². The molecule has 5 N–H and O–H groups in total. The minimum absolute atomic E-state index is 0.646. The Labute approximate surface area is 114 Å². The third-order valence-electron chi connectivity index (χ3n) is 3.14. The molecule has 3 nitrogen and oxygen atoms in total. The Morgan fingerprint density at radius 2 is 1.63 bits per heavy atom. The minimum atomic E-state index is 0.646. The highest BCUT2D eigenvalue weighted by Gasteiger charge is 1.97. The lowest BCUT2D eigenvalue weighted by molar-refractivity contribution is 0.649. The number of hydrogen-bond donors (Lipinski definition) is 3. The fraction of sp³-hybridized carbons (Fsp3) is 0.250. The zero-order valence-corrected chi connectivity index (χ0v) is 11.1. The molecule has 0 bridgehead atoms. The first-order valence-corrected chi connectivity index (χ1v) is 6.64. The van der Waals surface area contributed by atoms with Gasteiger partial charge < -0.3 is 16.8 Å². The van der Waals surface area contributed by atoms with E-state index in [4.69, 9.17) is 11.5 Å². The summed E-state index contributed by atoms with van der Waals surface area (Å²) in [4.78, 5) is 0. The summed E-state index contributed by atoms with van der Waals surface area (Å²) in [5, 5.41) is 3.42. The van der Waals surface area contributed by atoms with E-state index in [0.29, 0.717) is 11.4 Å². The summed E-state index contributed by atoms with van der Waals surface area (Å²) < 4.78 is 0. The molecule has 0 spiro atoms. The summed E-state index contributed by atoms with van der Waals surface area (Å²) in [6.45, 7) is 1.83. The van der Waals surface area contributed by atoms with Gasteiger partial charge in [-0.15, -0.1) is 0 Å². The smallest absolute Gasteiger partial charge is 0.0551 e. The Bertz CT molecular complexity index is 509. The highest BCUT2D eigenvalue weighted by Crippen LogP contribution is 2.15. The Kier molecular flexibility index (Phi) is 4.81. The van der Waals surface area contributed by atoms with Crippen LogP contribution in [0.1, 0.15) is 17.5 Å². The van der Waals surface area contributed by atoms with Crippen LogP contribution in [0.3, 0.4) is 0 Å². The molecule has 0 amide bonds. The fourth-order valence-electron chi connectivity index (χ4n) is 2.03. The third kappa shape index (κ3) is 4.30. The fourth-order valence-corrected chi connectivity index (χ4v) is 2.03. The predicted molar refractivity (Wildman–Crippen MR) is 81.7 cm³/mol. The van der Waals surface area contributed by atoms with Crippen molar-refractivity contribution >= 4 is 11.4 Å². The lowest BCUT2D eigenvalue weighted by Gasteiger charge is -2.07. The molecule has 2 aromatic rings. The molecule has 19 heavy (non-hydrogen) atoms. The van der Waals surface area contributed by atoms with E-state index in [-0.39, 0.29) is 0 Å². The molecular formula is C16H21N3. The van der Waals surface area contributed by atoms with E-state index in [9.17, 15) is 0 Å². The molecule has 0 aromatic heterocycles. The zero-order chi connectivity index (χ0) is 13.5. The summed E-state index contributed by atoms with van der Waals surface area (Å²) in [7, 11) is 0. The largest absolute Gasteiger partial charge is 0.397 e. The first kappa shape index (κ1) is 13.4. The van der Waals surface area contributed by atoms with Crippen LogP contribution in [-0.2, 0) is 13.0 Å². The second-order valence-corrected chi connectivity index (χ2v) is 4.73. The molecule has 0 unspecified atom stereocenters. The van der Waals surface area contributed by atoms with Gasteiger partial charge in [0, 0.05) is 6.54 Å². The first-order valence-electron chi connectivity index (χ1n) is 6.64. The van der Waals surface area contributed by atoms with Crippen molar-refractivity contribution in [2.24, 2.45) is 0 Å². The van der Waals surface area contributed by atoms with Crippen molar-refractivity contribution in [3.63, 3.8) is 0 Å². The monoisotopic (exact) mass is 255 g/mol. The van der Waals surface area contributed by atoms with Crippen molar-refractivity contribution in [3.05, 3.63) is 59.7 Å². The van der Waals surface area contributed by atoms with Gasteiger partial charge in [-0.1, -0.05) is 36.4 Å². The zero-order valence-electron chi connectivity index (χ0n) is 11.1. The maximum absolute atomic E-state index is 5.77. The van der Waals surface area contributed by atoms with Gasteiger partial charge >= 0.3 is 0 Å². The van der Waals surface area contributed by atoms with E-state index in [0.717, 1.165) is 25.9 Å². The Morgan fingerprint density at radius 1 is 0.842 bits per heavy atom. The molecule has 100 valence electrons. The van der Waals surface area contributed by atoms with E-state index < -0.39 is 0 Å². The summed E-state index contributed by atoms with van der Waals surface area (Å²) in [6.07, 6.45) is 2.24. The van der Waals surface area contributed by atoms with Gasteiger partial charge in [0.1, 0.15) is 0 Å². The number of rotatable bonds is 6. The molecule has 0 aliphatic carbocycles. The minimum Gasteiger partial charge on any atom is -0.397 e. The van der Waals surface area contributed by atoms with Gasteiger partial charge in [-0.2, -0.15) is 0 Å². The lowest BCUT2D eigenvalue weighted by atomic mass is 10.1. The maximum Gasteiger partial charge on any atom is 0.0551 e. The number of nitrogens with two attached hydrogens (primary N) is 2. The quantitative estimate of drug-likeness (QED) is 0.549. The molecule has 0 saturated carbocycles. The van der Waals surface area contributed by atoms with Crippen molar-refractivity contribution in [1.82, 2.24) is 5.32 Å². The van der Waals surface area contributed by atoms with E-state index >= 15 is 0 Å². The molecular weight excluding hydrogens is 234 g/mol. The number of nitrogen functional groups attached to an aromatic ring is 2. The predicted octanol–water partition coefficient (Wildman–Crippen LogP) is 2.57. The second-order valence-electron chi connectivity index (χ2n) is 4.73. The number of nitrogens with one attached hydrogen (secondary N) is 1. The summed E-state index contributed by atoms with van der Waals surface area (Å²) in [5.41, 5.74) is 15.3. The van der Waals surface area contributed by atoms with Crippen LogP contribution in [0.15, 0.2) is 48.5 Å². The third-order valence-corrected chi connectivity index (χ3v) is 3.14. The Hall–Kier alpha value is -2.00. The molecule has 0 fully saturated rings. The van der Waals surface area contributed by atoms with Crippen LogP contribution in [0.25, 0.3) is 0 Å². The SMILES string of the molecule is Nc1ccc(CNCCCc2ccccc2)cc1N. The average Bonchev–Trinajstić information content (AvgIpc) is 2.43. The van der Waals surface area contributed by atoms with Gasteiger partial charge in [0.2, 0.25) is 0 Å². The highest BCUT2D eigenvalue weighted by molar-refractivity contribution is 5.63. The molecule has 0 heterocycles. The van der Waals surface area contributed by atoms with Gasteiger partial charge in [-0.3, -0.25) is 0 Å². The molecule has 0 aliphatic rings. The van der Waals surface area contributed by atoms with Gasteiger partial charge in [0.15, 0.2) is 0 Å². The van der Waals surface area contributed by atoms with Crippen LogP contribution in [0.4, 0.5) is 11.4 Å². The molecule has 2 aromatic carbocycles. The first-order chi connectivity index (χ1) is 9.25. The van der Waals surface area contributed by atoms with Gasteiger partial charge in [-0.05, 0) is 42.6 Å². The average molecular weight is 255 g/mol. The summed E-state index contributed by atoms with van der Waals surface area (Å²) >= 11 is 0. The van der Waals surface area contributed by atoms with Crippen LogP contribution in [0, 0.1) is 0 Å². The molecule has 0 aliphatic heterocycles. The second kappa shape index (κ2) is 6.81. The number of benzene rings is 2. The molecule has 2 rings (SSSR count). The number of aryl methyl sites for hydroxylation is 1. The van der Waals surface area contributed by atoms with Crippen molar-refractivity contribution in [2.45, 2.75) is 19.4 Å². The Morgan fingerprint density at radius 3 is 2.37 bits per heavy atom. The molecule has 0 radical (unpaired) electrons. The number of hydrogen-bond acceptors (Lipinski definition) is 3. The van der Waals surface area contributed by atoms with Crippen LogP contribution in [-0.4, -0.2) is 6.54 Å². The van der Waals surface area contributed by atoms with Crippen LogP contribution >= 0.6 is 0 Å². The van der Waals surface area contributed by atoms with Gasteiger partial charge in [-0.25, -0.2) is 0 Å². The summed E-state index contributed by atoms with van der Waals surface area (Å²) in [6, 6.07) is 16.3.